The van der Waals surface area contributed by atoms with Gasteiger partial charge < -0.3 is 9.80 Å². The van der Waals surface area contributed by atoms with Crippen LogP contribution in [0.2, 0.25) is 0 Å². The number of halogens is 1. The lowest BCUT2D eigenvalue weighted by atomic mass is 9.95. The number of tetrazole rings is 1. The van der Waals surface area contributed by atoms with Crippen molar-refractivity contribution in [2.45, 2.75) is 25.8 Å². The third-order valence-electron chi connectivity index (χ3n) is 6.44. The van der Waals surface area contributed by atoms with E-state index in [2.05, 4.69) is 30.4 Å². The molecule has 4 heterocycles. The monoisotopic (exact) mass is 438 g/mol. The average Bonchev–Trinajstić information content (AvgIpc) is 3.18. The van der Waals surface area contributed by atoms with Crippen molar-refractivity contribution >= 4 is 17.4 Å². The second kappa shape index (κ2) is 9.15. The predicted octanol–water partition coefficient (Wildman–Crippen LogP) is 1.61. The van der Waals surface area contributed by atoms with Crippen LogP contribution in [0.5, 0.6) is 0 Å². The first-order valence-electron chi connectivity index (χ1n) is 11.2. The smallest absolute Gasteiger partial charge is 0.225 e. The summed E-state index contributed by atoms with van der Waals surface area (Å²) in [5.41, 5.74) is 1.72. The molecule has 0 radical (unpaired) electrons. The highest BCUT2D eigenvalue weighted by atomic mass is 19.1. The summed E-state index contributed by atoms with van der Waals surface area (Å²) in [6, 6.07) is 10.5. The van der Waals surface area contributed by atoms with Crippen molar-refractivity contribution in [2.75, 3.05) is 44.2 Å². The van der Waals surface area contributed by atoms with Gasteiger partial charge in [-0.25, -0.2) is 4.39 Å². The molecule has 0 unspecified atom stereocenters. The van der Waals surface area contributed by atoms with Crippen LogP contribution in [-0.4, -0.2) is 80.2 Å². The fourth-order valence-electron chi connectivity index (χ4n) is 4.62. The first kappa shape index (κ1) is 20.7. The van der Waals surface area contributed by atoms with E-state index in [-0.39, 0.29) is 17.6 Å². The minimum Gasteiger partial charge on any atom is -0.355 e. The molecule has 0 atom stereocenters. The van der Waals surface area contributed by atoms with Crippen LogP contribution >= 0.6 is 0 Å². The van der Waals surface area contributed by atoms with Crippen LogP contribution in [0.3, 0.4) is 0 Å². The maximum absolute atomic E-state index is 13.2. The maximum atomic E-state index is 13.2. The molecule has 2 saturated heterocycles. The van der Waals surface area contributed by atoms with Gasteiger partial charge in [0.2, 0.25) is 5.91 Å². The molecule has 10 heteroatoms. The van der Waals surface area contributed by atoms with Crippen LogP contribution in [0, 0.1) is 11.7 Å². The molecule has 0 spiro atoms. The number of hydrogen-bond acceptors (Lipinski definition) is 7. The molecular formula is C22H27FN8O. The summed E-state index contributed by atoms with van der Waals surface area (Å²) >= 11 is 0. The van der Waals surface area contributed by atoms with Gasteiger partial charge in [0.25, 0.3) is 0 Å². The summed E-state index contributed by atoms with van der Waals surface area (Å²) in [6.07, 6.45) is 2.61. The van der Waals surface area contributed by atoms with Crippen molar-refractivity contribution < 1.29 is 9.18 Å². The van der Waals surface area contributed by atoms with E-state index in [0.29, 0.717) is 5.65 Å². The van der Waals surface area contributed by atoms with Crippen LogP contribution in [0.4, 0.5) is 10.2 Å². The second-order valence-corrected chi connectivity index (χ2v) is 8.56. The second-order valence-electron chi connectivity index (χ2n) is 8.56. The Bertz CT molecular complexity index is 1060. The predicted molar refractivity (Wildman–Crippen MR) is 116 cm³/mol. The van der Waals surface area contributed by atoms with Crippen molar-refractivity contribution in [1.29, 1.82) is 0 Å². The zero-order chi connectivity index (χ0) is 21.9. The number of rotatable bonds is 4. The van der Waals surface area contributed by atoms with E-state index in [9.17, 15) is 9.18 Å². The summed E-state index contributed by atoms with van der Waals surface area (Å²) in [5.74, 6) is 0.963. The highest BCUT2D eigenvalue weighted by Crippen LogP contribution is 2.24. The lowest BCUT2D eigenvalue weighted by Crippen LogP contribution is -2.44. The number of carbonyl (C=O) groups excluding carboxylic acids is 1. The Kier molecular flexibility index (Phi) is 5.93. The van der Waals surface area contributed by atoms with E-state index in [1.807, 2.05) is 29.2 Å². The van der Waals surface area contributed by atoms with Crippen LogP contribution in [0.25, 0.3) is 5.65 Å². The Hall–Kier alpha value is -3.14. The van der Waals surface area contributed by atoms with Crippen molar-refractivity contribution in [1.82, 2.24) is 35.1 Å². The van der Waals surface area contributed by atoms with Gasteiger partial charge in [-0.3, -0.25) is 9.69 Å². The van der Waals surface area contributed by atoms with Gasteiger partial charge in [0.15, 0.2) is 11.5 Å². The lowest BCUT2D eigenvalue weighted by Gasteiger charge is -2.34. The molecule has 0 saturated carbocycles. The third kappa shape index (κ3) is 4.55. The maximum Gasteiger partial charge on any atom is 0.225 e. The zero-order valence-corrected chi connectivity index (χ0v) is 18.0. The van der Waals surface area contributed by atoms with Gasteiger partial charge in [0, 0.05) is 51.7 Å². The molecule has 9 nitrogen and oxygen atoms in total. The lowest BCUT2D eigenvalue weighted by molar-refractivity contribution is -0.136. The van der Waals surface area contributed by atoms with Crippen molar-refractivity contribution in [3.05, 3.63) is 47.8 Å². The molecule has 2 aliphatic heterocycles. The number of piperidine rings is 1. The van der Waals surface area contributed by atoms with Gasteiger partial charge in [-0.2, -0.15) is 0 Å². The van der Waals surface area contributed by atoms with Crippen molar-refractivity contribution in [3.8, 4) is 0 Å². The Labute approximate surface area is 185 Å². The van der Waals surface area contributed by atoms with E-state index in [1.54, 1.807) is 0 Å². The molecule has 32 heavy (non-hydrogen) atoms. The fourth-order valence-corrected chi connectivity index (χ4v) is 4.62. The van der Waals surface area contributed by atoms with E-state index >= 15 is 0 Å². The average molecular weight is 439 g/mol. The molecule has 2 aliphatic rings. The largest absolute Gasteiger partial charge is 0.355 e. The molecule has 0 aliphatic carbocycles. The third-order valence-corrected chi connectivity index (χ3v) is 6.44. The molecular weight excluding hydrogens is 411 g/mol. The quantitative estimate of drug-likeness (QED) is 0.612. The summed E-state index contributed by atoms with van der Waals surface area (Å²) in [4.78, 5) is 19.8. The topological polar surface area (TPSA) is 82.8 Å². The van der Waals surface area contributed by atoms with Gasteiger partial charge in [-0.1, -0.05) is 12.1 Å². The molecule has 2 fully saturated rings. The number of nitrogens with zero attached hydrogens (tertiary/aromatic N) is 8. The number of anilines is 1. The van der Waals surface area contributed by atoms with Crippen LogP contribution < -0.4 is 4.90 Å². The van der Waals surface area contributed by atoms with Gasteiger partial charge >= 0.3 is 0 Å². The Balaban J connectivity index is 1.13. The standard InChI is InChI=1S/C22H27FN8O/c23-19-4-2-17(3-5-19)16-28-10-1-11-30(15-14-28)22(32)18-8-12-29(13-9-18)21-7-6-20-24-26-27-31(20)25-21/h2-7,18H,1,8-16H2. The molecule has 3 aromatic rings. The number of hydrogen-bond donors (Lipinski definition) is 0. The summed E-state index contributed by atoms with van der Waals surface area (Å²) in [6.45, 7) is 5.72. The first-order valence-corrected chi connectivity index (χ1v) is 11.2. The van der Waals surface area contributed by atoms with Crippen LogP contribution in [0.15, 0.2) is 36.4 Å². The molecule has 2 aromatic heterocycles. The Morgan fingerprint density at radius 2 is 1.78 bits per heavy atom. The van der Waals surface area contributed by atoms with Gasteiger partial charge in [-0.05, 0) is 59.5 Å². The molecule has 168 valence electrons. The van der Waals surface area contributed by atoms with E-state index in [0.717, 1.165) is 76.5 Å². The normalized spacial score (nSPS) is 18.8. The van der Waals surface area contributed by atoms with Gasteiger partial charge in [0.05, 0.1) is 0 Å². The first-order chi connectivity index (χ1) is 15.7. The molecule has 0 bridgehead atoms. The van der Waals surface area contributed by atoms with Gasteiger partial charge in [-0.15, -0.1) is 14.8 Å². The van der Waals surface area contributed by atoms with E-state index in [4.69, 9.17) is 0 Å². The summed E-state index contributed by atoms with van der Waals surface area (Å²) in [5, 5.41) is 15.8. The molecule has 1 amide bonds. The number of fused-ring (bicyclic) bond motifs is 1. The van der Waals surface area contributed by atoms with Gasteiger partial charge in [0.1, 0.15) is 5.82 Å². The van der Waals surface area contributed by atoms with E-state index < -0.39 is 0 Å². The fraction of sp³-hybridized carbons (Fsp3) is 0.500. The number of aromatic nitrogens is 5. The highest BCUT2D eigenvalue weighted by molar-refractivity contribution is 5.79. The van der Waals surface area contributed by atoms with E-state index in [1.165, 1.54) is 16.8 Å². The molecule has 5 rings (SSSR count). The van der Waals surface area contributed by atoms with Crippen molar-refractivity contribution in [3.63, 3.8) is 0 Å². The SMILES string of the molecule is O=C(C1CCN(c2ccc3nnnn3n2)CC1)N1CCCN(Cc2ccc(F)cc2)CC1. The highest BCUT2D eigenvalue weighted by Gasteiger charge is 2.30. The number of carbonyl (C=O) groups is 1. The van der Waals surface area contributed by atoms with Crippen molar-refractivity contribution in [2.24, 2.45) is 5.92 Å². The minimum atomic E-state index is -0.209. The number of benzene rings is 1. The molecule has 0 N–H and O–H groups in total. The van der Waals surface area contributed by atoms with Crippen LogP contribution in [-0.2, 0) is 11.3 Å². The Morgan fingerprint density at radius 3 is 2.59 bits per heavy atom. The summed E-state index contributed by atoms with van der Waals surface area (Å²) in [7, 11) is 0. The van der Waals surface area contributed by atoms with Crippen LogP contribution in [0.1, 0.15) is 24.8 Å². The minimum absolute atomic E-state index is 0.0617. The number of amides is 1. The summed E-state index contributed by atoms with van der Waals surface area (Å²) < 4.78 is 14.6. The Morgan fingerprint density at radius 1 is 0.969 bits per heavy atom. The molecule has 1 aromatic carbocycles. The zero-order valence-electron chi connectivity index (χ0n) is 18.0.